The van der Waals surface area contributed by atoms with Gasteiger partial charge in [0.2, 0.25) is 0 Å². The van der Waals surface area contributed by atoms with Gasteiger partial charge >= 0.3 is 0 Å². The maximum atomic E-state index is 11.0. The summed E-state index contributed by atoms with van der Waals surface area (Å²) in [5, 5.41) is 0. The molecule has 300 valence electrons. The Labute approximate surface area is 365 Å². The first-order valence-corrected chi connectivity index (χ1v) is 20.5. The predicted octanol–water partition coefficient (Wildman–Crippen LogP) is 15.6. The molecule has 0 unspecified atom stereocenters. The number of aldehydes is 1. The van der Waals surface area contributed by atoms with E-state index in [1.165, 1.54) is 0 Å². The van der Waals surface area contributed by atoms with Crippen LogP contribution in [-0.2, 0) is 0 Å². The molecule has 62 heavy (non-hydrogen) atoms. The number of allylic oxidation sites excluding steroid dienone is 4. The third kappa shape index (κ3) is 9.63. The van der Waals surface area contributed by atoms with Gasteiger partial charge in [-0.1, -0.05) is 159 Å². The summed E-state index contributed by atoms with van der Waals surface area (Å²) in [4.78, 5) is 15.6. The Morgan fingerprint density at radius 1 is 0.403 bits per heavy atom. The van der Waals surface area contributed by atoms with Crippen molar-refractivity contribution in [2.45, 2.75) is 0 Å². The van der Waals surface area contributed by atoms with Crippen LogP contribution in [0.1, 0.15) is 32.6 Å². The largest absolute Gasteiger partial charge is 0.497 e. The van der Waals surface area contributed by atoms with Gasteiger partial charge in [0.25, 0.3) is 0 Å². The number of ether oxygens (including phenoxy) is 1. The molecule has 0 aliphatic carbocycles. The van der Waals surface area contributed by atoms with Crippen LogP contribution in [0.3, 0.4) is 0 Å². The summed E-state index contributed by atoms with van der Waals surface area (Å²) >= 11 is 0. The summed E-state index contributed by atoms with van der Waals surface area (Å²) in [6.45, 7) is 8.64. The van der Waals surface area contributed by atoms with Gasteiger partial charge in [0.1, 0.15) is 12.0 Å². The maximum Gasteiger partial charge on any atom is 0.150 e. The van der Waals surface area contributed by atoms with Crippen LogP contribution < -0.4 is 14.5 Å². The molecule has 4 nitrogen and oxygen atoms in total. The summed E-state index contributed by atoms with van der Waals surface area (Å²) in [5.41, 5.74) is 15.3. The first kappa shape index (κ1) is 40.6. The van der Waals surface area contributed by atoms with Crippen LogP contribution in [0.25, 0.3) is 34.4 Å². The van der Waals surface area contributed by atoms with Gasteiger partial charge in [0, 0.05) is 39.7 Å². The van der Waals surface area contributed by atoms with Crippen molar-refractivity contribution in [2.75, 3.05) is 16.9 Å². The zero-order chi connectivity index (χ0) is 42.7. The smallest absolute Gasteiger partial charge is 0.150 e. The molecule has 0 aliphatic heterocycles. The molecule has 0 N–H and O–H groups in total. The van der Waals surface area contributed by atoms with Gasteiger partial charge in [-0.05, 0) is 129 Å². The van der Waals surface area contributed by atoms with Crippen LogP contribution in [0.2, 0.25) is 0 Å². The average Bonchev–Trinajstić information content (AvgIpc) is 3.34. The molecule has 0 heterocycles. The van der Waals surface area contributed by atoms with Crippen molar-refractivity contribution in [3.05, 3.63) is 259 Å². The monoisotopic (exact) mass is 802 g/mol. The van der Waals surface area contributed by atoms with E-state index in [1.54, 1.807) is 7.11 Å². The Morgan fingerprint density at radius 2 is 0.726 bits per heavy atom. The van der Waals surface area contributed by atoms with Crippen molar-refractivity contribution in [3.8, 4) is 16.9 Å². The van der Waals surface area contributed by atoms with E-state index < -0.39 is 0 Å². The van der Waals surface area contributed by atoms with E-state index in [2.05, 4.69) is 175 Å². The Hall–Kier alpha value is -8.21. The summed E-state index contributed by atoms with van der Waals surface area (Å²) < 4.78 is 5.29. The molecular weight excluding hydrogens is 757 g/mol. The molecule has 4 heteroatoms. The molecule has 0 saturated carbocycles. The second kappa shape index (κ2) is 19.2. The highest BCUT2D eigenvalue weighted by molar-refractivity contribution is 5.84. The normalized spacial score (nSPS) is 11.0. The summed E-state index contributed by atoms with van der Waals surface area (Å²) in [7, 11) is 1.67. The number of nitrogens with zero attached hydrogens (tertiary/aromatic N) is 2. The number of para-hydroxylation sites is 2. The molecular formula is C58H46N2O2. The van der Waals surface area contributed by atoms with E-state index in [1.807, 2.05) is 78.9 Å². The van der Waals surface area contributed by atoms with Crippen LogP contribution in [0.15, 0.2) is 232 Å². The molecule has 8 rings (SSSR count). The summed E-state index contributed by atoms with van der Waals surface area (Å²) in [6.07, 6.45) is 8.98. The number of methoxy groups -OCH3 is 1. The number of carbonyl (C=O) groups is 1. The van der Waals surface area contributed by atoms with E-state index in [4.69, 9.17) is 4.74 Å². The van der Waals surface area contributed by atoms with Gasteiger partial charge in [-0.15, -0.1) is 0 Å². The third-order valence-corrected chi connectivity index (χ3v) is 10.7. The molecule has 0 atom stereocenters. The number of rotatable bonds is 15. The highest BCUT2D eigenvalue weighted by Gasteiger charge is 2.15. The third-order valence-electron chi connectivity index (χ3n) is 10.7. The molecule has 0 amide bonds. The second-order valence-electron chi connectivity index (χ2n) is 14.8. The van der Waals surface area contributed by atoms with E-state index in [9.17, 15) is 4.79 Å². The van der Waals surface area contributed by atoms with Crippen molar-refractivity contribution < 1.29 is 9.53 Å². The Bertz CT molecular complexity index is 2810. The summed E-state index contributed by atoms with van der Waals surface area (Å²) in [5.74, 6) is 0.837. The highest BCUT2D eigenvalue weighted by Crippen LogP contribution is 2.38. The lowest BCUT2D eigenvalue weighted by Gasteiger charge is -2.26. The Kier molecular flexibility index (Phi) is 12.6. The standard InChI is InChI=1S/C58H46N2O2/c1-43(14-16-45-18-20-47(42-61)21-19-45)48-24-32-54(33-25-48)59(52-10-6-4-7-11-52)56-36-28-50(29-37-56)51-30-38-57(39-31-51)60(53-12-8-5-9-13-53)55-34-26-49(27-35-55)44(2)15-17-46-22-40-58(62-3)41-23-46/h4-42H,1-2H2,3H3. The number of carbonyl (C=O) groups excluding carboxylic acids is 1. The number of benzene rings is 8. The van der Waals surface area contributed by atoms with Crippen molar-refractivity contribution in [1.82, 2.24) is 0 Å². The maximum absolute atomic E-state index is 11.0. The van der Waals surface area contributed by atoms with Gasteiger partial charge in [0.05, 0.1) is 7.11 Å². The van der Waals surface area contributed by atoms with Crippen molar-refractivity contribution >= 4 is 63.7 Å². The van der Waals surface area contributed by atoms with E-state index >= 15 is 0 Å². The molecule has 0 aliphatic rings. The van der Waals surface area contributed by atoms with Crippen LogP contribution >= 0.6 is 0 Å². The fourth-order valence-electron chi connectivity index (χ4n) is 7.29. The van der Waals surface area contributed by atoms with E-state index in [-0.39, 0.29) is 0 Å². The lowest BCUT2D eigenvalue weighted by molar-refractivity contribution is 0.112. The summed E-state index contributed by atoms with van der Waals surface area (Å²) in [6, 6.07) is 70.9. The first-order valence-electron chi connectivity index (χ1n) is 20.5. The van der Waals surface area contributed by atoms with Gasteiger partial charge in [-0.3, -0.25) is 4.79 Å². The van der Waals surface area contributed by atoms with Crippen molar-refractivity contribution in [2.24, 2.45) is 0 Å². The minimum atomic E-state index is 0.659. The molecule has 0 fully saturated rings. The van der Waals surface area contributed by atoms with Crippen molar-refractivity contribution in [1.29, 1.82) is 0 Å². The zero-order valence-corrected chi connectivity index (χ0v) is 34.6. The minimum absolute atomic E-state index is 0.659. The van der Waals surface area contributed by atoms with E-state index in [0.29, 0.717) is 5.56 Å². The molecule has 0 radical (unpaired) electrons. The number of hydrogen-bond acceptors (Lipinski definition) is 4. The lowest BCUT2D eigenvalue weighted by Crippen LogP contribution is -2.10. The topological polar surface area (TPSA) is 32.8 Å². The van der Waals surface area contributed by atoms with Gasteiger partial charge in [-0.25, -0.2) is 0 Å². The first-order chi connectivity index (χ1) is 30.4. The zero-order valence-electron chi connectivity index (χ0n) is 34.6. The fourth-order valence-corrected chi connectivity index (χ4v) is 7.29. The van der Waals surface area contributed by atoms with Gasteiger partial charge < -0.3 is 14.5 Å². The SMILES string of the molecule is C=C(C=Cc1ccc(C=O)cc1)c1ccc(N(c2ccccc2)c2ccc(-c3ccc(N(c4ccccc4)c4ccc(C(=C)C=Cc5ccc(OC)cc5)cc4)cc3)cc2)cc1. The molecule has 8 aromatic rings. The number of anilines is 6. The molecule has 0 bridgehead atoms. The predicted molar refractivity (Wildman–Crippen MR) is 262 cm³/mol. The second-order valence-corrected chi connectivity index (χ2v) is 14.8. The molecule has 8 aromatic carbocycles. The average molecular weight is 803 g/mol. The molecule has 0 saturated heterocycles. The van der Waals surface area contributed by atoms with Crippen LogP contribution in [0, 0.1) is 0 Å². The molecule has 0 spiro atoms. The number of hydrogen-bond donors (Lipinski definition) is 0. The van der Waals surface area contributed by atoms with Crippen LogP contribution in [-0.4, -0.2) is 13.4 Å². The van der Waals surface area contributed by atoms with Crippen LogP contribution in [0.5, 0.6) is 5.75 Å². The molecule has 0 aromatic heterocycles. The minimum Gasteiger partial charge on any atom is -0.497 e. The Balaban J connectivity index is 0.999. The lowest BCUT2D eigenvalue weighted by atomic mass is 10.0. The van der Waals surface area contributed by atoms with Crippen LogP contribution in [0.4, 0.5) is 34.1 Å². The Morgan fingerprint density at radius 3 is 1.08 bits per heavy atom. The quantitative estimate of drug-likeness (QED) is 0.0763. The fraction of sp³-hybridized carbons (Fsp3) is 0.0172. The van der Waals surface area contributed by atoms with Gasteiger partial charge in [0.15, 0.2) is 0 Å². The van der Waals surface area contributed by atoms with E-state index in [0.717, 1.165) is 90.7 Å². The highest BCUT2D eigenvalue weighted by atomic mass is 16.5. The van der Waals surface area contributed by atoms with Gasteiger partial charge in [-0.2, -0.15) is 0 Å². The van der Waals surface area contributed by atoms with Crippen molar-refractivity contribution in [3.63, 3.8) is 0 Å².